The molecule has 8 heteroatoms. The van der Waals surface area contributed by atoms with Gasteiger partial charge in [-0.25, -0.2) is 5.43 Å². The number of carbonyl (C=O) groups is 2. The third-order valence-electron chi connectivity index (χ3n) is 3.44. The highest BCUT2D eigenvalue weighted by atomic mass is 35.5. The highest BCUT2D eigenvalue weighted by Crippen LogP contribution is 2.28. The molecule has 0 atom stereocenters. The smallest absolute Gasteiger partial charge is 0.329 e. The first kappa shape index (κ1) is 21.2. The summed E-state index contributed by atoms with van der Waals surface area (Å²) in [6.07, 6.45) is 2.30. The minimum absolute atomic E-state index is 0.334. The molecule has 0 unspecified atom stereocenters. The van der Waals surface area contributed by atoms with Crippen molar-refractivity contribution < 1.29 is 19.1 Å². The van der Waals surface area contributed by atoms with Crippen molar-refractivity contribution >= 4 is 35.3 Å². The van der Waals surface area contributed by atoms with Crippen LogP contribution in [0, 0.1) is 0 Å². The van der Waals surface area contributed by atoms with Crippen molar-refractivity contribution in [2.75, 3.05) is 18.5 Å². The molecular formula is C20H22ClN3O4. The number of hydrogen-bond donors (Lipinski definition) is 2. The lowest BCUT2D eigenvalue weighted by Gasteiger charge is -2.11. The predicted octanol–water partition coefficient (Wildman–Crippen LogP) is 3.62. The number of nitrogens with one attached hydrogen (secondary N) is 2. The third-order valence-corrected chi connectivity index (χ3v) is 3.77. The number of hydrazone groups is 1. The van der Waals surface area contributed by atoms with Gasteiger partial charge in [-0.15, -0.1) is 0 Å². The Morgan fingerprint density at radius 2 is 1.86 bits per heavy atom. The van der Waals surface area contributed by atoms with E-state index in [4.69, 9.17) is 21.1 Å². The molecule has 2 amide bonds. The summed E-state index contributed by atoms with van der Waals surface area (Å²) in [6.45, 7) is 4.97. The highest BCUT2D eigenvalue weighted by Gasteiger charge is 2.14. The van der Waals surface area contributed by atoms with Crippen LogP contribution in [0.1, 0.15) is 25.8 Å². The van der Waals surface area contributed by atoms with Crippen LogP contribution in [0.2, 0.25) is 5.02 Å². The Kier molecular flexibility index (Phi) is 8.30. The molecule has 28 heavy (non-hydrogen) atoms. The summed E-state index contributed by atoms with van der Waals surface area (Å²) in [5.41, 5.74) is 3.20. The molecule has 0 saturated heterocycles. The zero-order valence-electron chi connectivity index (χ0n) is 15.7. The summed E-state index contributed by atoms with van der Waals surface area (Å²) in [5.74, 6) is -0.556. The van der Waals surface area contributed by atoms with Gasteiger partial charge in [0.05, 0.1) is 30.1 Å². The molecule has 7 nitrogen and oxygen atoms in total. The van der Waals surface area contributed by atoms with E-state index >= 15 is 0 Å². The van der Waals surface area contributed by atoms with Crippen LogP contribution in [0.4, 0.5) is 5.69 Å². The van der Waals surface area contributed by atoms with E-state index in [-0.39, 0.29) is 0 Å². The number of halogens is 1. The number of rotatable bonds is 8. The number of benzene rings is 2. The summed E-state index contributed by atoms with van der Waals surface area (Å²) >= 11 is 5.94. The maximum atomic E-state index is 11.9. The quantitative estimate of drug-likeness (QED) is 0.400. The van der Waals surface area contributed by atoms with Crippen molar-refractivity contribution in [3.8, 4) is 11.5 Å². The van der Waals surface area contributed by atoms with Crippen LogP contribution >= 0.6 is 11.6 Å². The van der Waals surface area contributed by atoms with Gasteiger partial charge >= 0.3 is 11.8 Å². The van der Waals surface area contributed by atoms with Crippen LogP contribution in [-0.4, -0.2) is 31.2 Å². The van der Waals surface area contributed by atoms with Crippen molar-refractivity contribution in [2.24, 2.45) is 5.10 Å². The van der Waals surface area contributed by atoms with E-state index in [9.17, 15) is 9.59 Å². The lowest BCUT2D eigenvalue weighted by Crippen LogP contribution is -2.32. The number of anilines is 1. The number of nitrogens with zero attached hydrogens (tertiary/aromatic N) is 1. The molecule has 2 N–H and O–H groups in total. The zero-order valence-corrected chi connectivity index (χ0v) is 16.5. The van der Waals surface area contributed by atoms with Crippen molar-refractivity contribution in [1.29, 1.82) is 0 Å². The first-order valence-electron chi connectivity index (χ1n) is 8.83. The Morgan fingerprint density at radius 1 is 1.07 bits per heavy atom. The minimum atomic E-state index is -0.913. The first-order chi connectivity index (χ1) is 13.5. The predicted molar refractivity (Wildman–Crippen MR) is 109 cm³/mol. The highest BCUT2D eigenvalue weighted by molar-refractivity contribution is 6.41. The molecule has 2 rings (SSSR count). The maximum absolute atomic E-state index is 11.9. The second-order valence-electron chi connectivity index (χ2n) is 5.62. The Hall–Kier alpha value is -3.06. The Bertz CT molecular complexity index is 855. The monoisotopic (exact) mass is 403 g/mol. The molecule has 0 radical (unpaired) electrons. The van der Waals surface area contributed by atoms with Gasteiger partial charge in [-0.05, 0) is 49.2 Å². The van der Waals surface area contributed by atoms with E-state index in [1.165, 1.54) is 6.21 Å². The van der Waals surface area contributed by atoms with Gasteiger partial charge in [-0.3, -0.25) is 9.59 Å². The molecule has 0 heterocycles. The minimum Gasteiger partial charge on any atom is -0.490 e. The van der Waals surface area contributed by atoms with Gasteiger partial charge in [0.25, 0.3) is 0 Å². The molecule has 148 valence electrons. The van der Waals surface area contributed by atoms with Crippen molar-refractivity contribution in [3.05, 3.63) is 53.1 Å². The Morgan fingerprint density at radius 3 is 2.57 bits per heavy atom. The molecule has 0 aliphatic carbocycles. The van der Waals surface area contributed by atoms with Gasteiger partial charge in [0, 0.05) is 0 Å². The summed E-state index contributed by atoms with van der Waals surface area (Å²) in [6, 6.07) is 11.9. The van der Waals surface area contributed by atoms with E-state index < -0.39 is 11.8 Å². The average molecular weight is 404 g/mol. The zero-order chi connectivity index (χ0) is 20.4. The number of hydrogen-bond acceptors (Lipinski definition) is 5. The summed E-state index contributed by atoms with van der Waals surface area (Å²) in [5, 5.41) is 6.56. The second kappa shape index (κ2) is 10.9. The fraction of sp³-hybridized carbons (Fsp3) is 0.250. The topological polar surface area (TPSA) is 89.0 Å². The fourth-order valence-corrected chi connectivity index (χ4v) is 2.35. The van der Waals surface area contributed by atoms with Gasteiger partial charge in [-0.1, -0.05) is 30.7 Å². The van der Waals surface area contributed by atoms with E-state index in [1.807, 2.05) is 13.8 Å². The average Bonchev–Trinajstić information content (AvgIpc) is 2.69. The molecule has 2 aromatic rings. The number of carbonyl (C=O) groups excluding carboxylic acids is 2. The summed E-state index contributed by atoms with van der Waals surface area (Å²) in [7, 11) is 0. The number of ether oxygens (including phenoxy) is 2. The molecule has 0 bridgehead atoms. The molecule has 0 aromatic heterocycles. The first-order valence-corrected chi connectivity index (χ1v) is 9.21. The van der Waals surface area contributed by atoms with Gasteiger partial charge in [-0.2, -0.15) is 5.10 Å². The third kappa shape index (κ3) is 6.28. The molecular weight excluding hydrogens is 382 g/mol. The van der Waals surface area contributed by atoms with Crippen molar-refractivity contribution in [2.45, 2.75) is 20.3 Å². The summed E-state index contributed by atoms with van der Waals surface area (Å²) in [4.78, 5) is 23.8. The Labute approximate surface area is 168 Å². The van der Waals surface area contributed by atoms with Gasteiger partial charge < -0.3 is 14.8 Å². The normalized spacial score (nSPS) is 10.5. The van der Waals surface area contributed by atoms with E-state index in [0.717, 1.165) is 6.42 Å². The molecule has 0 saturated carbocycles. The van der Waals surface area contributed by atoms with Gasteiger partial charge in [0.15, 0.2) is 11.5 Å². The number of amides is 2. The van der Waals surface area contributed by atoms with Crippen LogP contribution in [0.3, 0.4) is 0 Å². The van der Waals surface area contributed by atoms with Crippen LogP contribution < -0.4 is 20.2 Å². The molecule has 0 spiro atoms. The molecule has 2 aromatic carbocycles. The van der Waals surface area contributed by atoms with Crippen LogP contribution in [0.15, 0.2) is 47.6 Å². The van der Waals surface area contributed by atoms with E-state index in [0.29, 0.717) is 41.0 Å². The lowest BCUT2D eigenvalue weighted by atomic mass is 10.2. The Balaban J connectivity index is 1.97. The van der Waals surface area contributed by atoms with Crippen molar-refractivity contribution in [1.82, 2.24) is 5.43 Å². The maximum Gasteiger partial charge on any atom is 0.329 e. The molecule has 0 aliphatic heterocycles. The summed E-state index contributed by atoms with van der Waals surface area (Å²) < 4.78 is 11.2. The largest absolute Gasteiger partial charge is 0.490 e. The van der Waals surface area contributed by atoms with Gasteiger partial charge in [0.1, 0.15) is 0 Å². The van der Waals surface area contributed by atoms with Gasteiger partial charge in [0.2, 0.25) is 0 Å². The number of para-hydroxylation sites is 1. The standard InChI is InChI=1S/C20H22ClN3O4/c1-3-11-28-17-10-9-14(12-18(17)27-4-2)13-22-24-20(26)19(25)23-16-8-6-5-7-15(16)21/h5-10,12-13H,3-4,11H2,1-2H3,(H,23,25)(H,24,26). The molecule has 0 fully saturated rings. The van der Waals surface area contributed by atoms with Crippen LogP contribution in [-0.2, 0) is 9.59 Å². The van der Waals surface area contributed by atoms with Crippen LogP contribution in [0.25, 0.3) is 0 Å². The second-order valence-corrected chi connectivity index (χ2v) is 6.03. The van der Waals surface area contributed by atoms with Crippen molar-refractivity contribution in [3.63, 3.8) is 0 Å². The SMILES string of the molecule is CCCOc1ccc(C=NNC(=O)C(=O)Nc2ccccc2Cl)cc1OCC. The van der Waals surface area contributed by atoms with Crippen LogP contribution in [0.5, 0.6) is 11.5 Å². The molecule has 0 aliphatic rings. The fourth-order valence-electron chi connectivity index (χ4n) is 2.16. The van der Waals surface area contributed by atoms with E-state index in [2.05, 4.69) is 15.8 Å². The lowest BCUT2D eigenvalue weighted by molar-refractivity contribution is -0.136. The van der Waals surface area contributed by atoms with E-state index in [1.54, 1.807) is 42.5 Å².